The van der Waals surface area contributed by atoms with Crippen LogP contribution in [0.3, 0.4) is 0 Å². The number of benzene rings is 1. The summed E-state index contributed by atoms with van der Waals surface area (Å²) in [6, 6.07) is 7.91. The maximum Gasteiger partial charge on any atom is 0.134 e. The van der Waals surface area contributed by atoms with Crippen LogP contribution in [0.15, 0.2) is 40.4 Å². The predicted octanol–water partition coefficient (Wildman–Crippen LogP) is 2.53. The van der Waals surface area contributed by atoms with Gasteiger partial charge in [-0.3, -0.25) is 5.41 Å². The maximum absolute atomic E-state index is 7.52. The molecular formula is C13H14N4S. The molecule has 0 saturated heterocycles. The van der Waals surface area contributed by atoms with Crippen LogP contribution in [-0.4, -0.2) is 16.0 Å². The Morgan fingerprint density at radius 3 is 2.67 bits per heavy atom. The second-order valence-corrected chi connectivity index (χ2v) is 5.07. The first-order valence-electron chi connectivity index (χ1n) is 5.49. The summed E-state index contributed by atoms with van der Waals surface area (Å²) < 4.78 is 0. The summed E-state index contributed by atoms with van der Waals surface area (Å²) >= 11 is 1.47. The highest BCUT2D eigenvalue weighted by atomic mass is 32.2. The van der Waals surface area contributed by atoms with Crippen molar-refractivity contribution < 1.29 is 0 Å². The van der Waals surface area contributed by atoms with Crippen LogP contribution in [0.2, 0.25) is 0 Å². The van der Waals surface area contributed by atoms with Crippen molar-refractivity contribution in [1.82, 2.24) is 10.2 Å². The Balaban J connectivity index is 2.34. The molecule has 0 amide bonds. The second kappa shape index (κ2) is 5.18. The molecule has 3 N–H and O–H groups in total. The molecule has 0 unspecified atom stereocenters. The number of aryl methyl sites for hydroxylation is 2. The zero-order valence-electron chi connectivity index (χ0n) is 10.3. The largest absolute Gasteiger partial charge is 0.384 e. The SMILES string of the molecule is Cc1ccc(Sc2nnccc2C(=N)N)cc1C. The number of rotatable bonds is 3. The van der Waals surface area contributed by atoms with E-state index in [2.05, 4.69) is 36.2 Å². The minimum absolute atomic E-state index is 0.0104. The summed E-state index contributed by atoms with van der Waals surface area (Å²) in [6.45, 7) is 4.15. The zero-order valence-corrected chi connectivity index (χ0v) is 11.1. The van der Waals surface area contributed by atoms with Crippen LogP contribution < -0.4 is 5.73 Å². The molecule has 0 bridgehead atoms. The van der Waals surface area contributed by atoms with Crippen molar-refractivity contribution in [2.75, 3.05) is 0 Å². The van der Waals surface area contributed by atoms with Crippen LogP contribution >= 0.6 is 11.8 Å². The third-order valence-electron chi connectivity index (χ3n) is 2.67. The lowest BCUT2D eigenvalue weighted by Gasteiger charge is -2.07. The van der Waals surface area contributed by atoms with Gasteiger partial charge in [-0.15, -0.1) is 5.10 Å². The van der Waals surface area contributed by atoms with Gasteiger partial charge in [0.1, 0.15) is 10.9 Å². The van der Waals surface area contributed by atoms with E-state index in [0.717, 1.165) is 4.90 Å². The molecule has 18 heavy (non-hydrogen) atoms. The molecule has 0 aliphatic heterocycles. The first kappa shape index (κ1) is 12.6. The molecule has 1 aromatic heterocycles. The van der Waals surface area contributed by atoms with Gasteiger partial charge < -0.3 is 5.73 Å². The average molecular weight is 258 g/mol. The molecular weight excluding hydrogens is 244 g/mol. The number of nitrogens with two attached hydrogens (primary N) is 1. The lowest BCUT2D eigenvalue weighted by atomic mass is 10.1. The number of nitrogen functional groups attached to an aromatic ring is 1. The van der Waals surface area contributed by atoms with Gasteiger partial charge in [0.25, 0.3) is 0 Å². The smallest absolute Gasteiger partial charge is 0.134 e. The van der Waals surface area contributed by atoms with Crippen molar-refractivity contribution >= 4 is 17.6 Å². The fourth-order valence-corrected chi connectivity index (χ4v) is 2.46. The molecule has 92 valence electrons. The first-order valence-corrected chi connectivity index (χ1v) is 6.31. The minimum atomic E-state index is 0.0104. The Morgan fingerprint density at radius 2 is 2.00 bits per heavy atom. The number of nitrogens with one attached hydrogen (secondary N) is 1. The van der Waals surface area contributed by atoms with E-state index in [4.69, 9.17) is 11.1 Å². The third kappa shape index (κ3) is 2.68. The van der Waals surface area contributed by atoms with Crippen molar-refractivity contribution in [3.63, 3.8) is 0 Å². The van der Waals surface area contributed by atoms with Crippen molar-refractivity contribution in [2.24, 2.45) is 5.73 Å². The summed E-state index contributed by atoms with van der Waals surface area (Å²) in [5.74, 6) is 0.0104. The molecule has 1 aromatic carbocycles. The molecule has 0 aliphatic rings. The average Bonchev–Trinajstić information content (AvgIpc) is 2.34. The highest BCUT2D eigenvalue weighted by Crippen LogP contribution is 2.29. The van der Waals surface area contributed by atoms with Gasteiger partial charge in [0.15, 0.2) is 0 Å². The van der Waals surface area contributed by atoms with Gasteiger partial charge in [-0.2, -0.15) is 5.10 Å². The predicted molar refractivity (Wildman–Crippen MR) is 73.1 cm³/mol. The van der Waals surface area contributed by atoms with E-state index >= 15 is 0 Å². The van der Waals surface area contributed by atoms with E-state index in [-0.39, 0.29) is 5.84 Å². The summed E-state index contributed by atoms with van der Waals surface area (Å²) in [5.41, 5.74) is 8.63. The second-order valence-electron chi connectivity index (χ2n) is 4.01. The number of aromatic nitrogens is 2. The molecule has 4 nitrogen and oxygen atoms in total. The van der Waals surface area contributed by atoms with E-state index in [9.17, 15) is 0 Å². The van der Waals surface area contributed by atoms with Crippen molar-refractivity contribution in [3.05, 3.63) is 47.2 Å². The van der Waals surface area contributed by atoms with Crippen LogP contribution in [-0.2, 0) is 0 Å². The summed E-state index contributed by atoms with van der Waals surface area (Å²) in [7, 11) is 0. The maximum atomic E-state index is 7.52. The van der Waals surface area contributed by atoms with E-state index in [0.29, 0.717) is 10.6 Å². The first-order chi connectivity index (χ1) is 8.58. The van der Waals surface area contributed by atoms with Crippen molar-refractivity contribution in [1.29, 1.82) is 5.41 Å². The summed E-state index contributed by atoms with van der Waals surface area (Å²) in [4.78, 5) is 1.07. The lowest BCUT2D eigenvalue weighted by Crippen LogP contribution is -2.13. The summed E-state index contributed by atoms with van der Waals surface area (Å²) in [5, 5.41) is 16.1. The molecule has 2 aromatic rings. The quantitative estimate of drug-likeness (QED) is 0.655. The summed E-state index contributed by atoms with van der Waals surface area (Å²) in [6.07, 6.45) is 1.54. The van der Waals surface area contributed by atoms with Crippen LogP contribution in [0.25, 0.3) is 0 Å². The van der Waals surface area contributed by atoms with Crippen molar-refractivity contribution in [2.45, 2.75) is 23.8 Å². The number of hydrogen-bond donors (Lipinski definition) is 2. The van der Waals surface area contributed by atoms with Gasteiger partial charge in [0.05, 0.1) is 11.8 Å². The molecule has 0 radical (unpaired) electrons. The van der Waals surface area contributed by atoms with Crippen LogP contribution in [0, 0.1) is 19.3 Å². The van der Waals surface area contributed by atoms with E-state index in [1.807, 2.05) is 6.07 Å². The molecule has 2 rings (SSSR count). The van der Waals surface area contributed by atoms with Gasteiger partial charge in [0.2, 0.25) is 0 Å². The zero-order chi connectivity index (χ0) is 13.1. The molecule has 0 fully saturated rings. The minimum Gasteiger partial charge on any atom is -0.384 e. The molecule has 0 spiro atoms. The Morgan fingerprint density at radius 1 is 1.22 bits per heavy atom. The van der Waals surface area contributed by atoms with E-state index < -0.39 is 0 Å². The lowest BCUT2D eigenvalue weighted by molar-refractivity contribution is 0.921. The van der Waals surface area contributed by atoms with Gasteiger partial charge >= 0.3 is 0 Å². The van der Waals surface area contributed by atoms with Crippen molar-refractivity contribution in [3.8, 4) is 0 Å². The standard InChI is InChI=1S/C13H14N4S/c1-8-3-4-10(7-9(8)2)18-13-11(12(14)15)5-6-16-17-13/h3-7H,1-2H3,(H3,14,15). The number of nitrogens with zero attached hydrogens (tertiary/aromatic N) is 2. The monoisotopic (exact) mass is 258 g/mol. The topological polar surface area (TPSA) is 75.7 Å². The highest BCUT2D eigenvalue weighted by Gasteiger charge is 2.09. The number of amidine groups is 1. The van der Waals surface area contributed by atoms with Gasteiger partial charge in [0, 0.05) is 4.90 Å². The Bertz CT molecular complexity index is 595. The fourth-order valence-electron chi connectivity index (χ4n) is 1.49. The van der Waals surface area contributed by atoms with Gasteiger partial charge in [-0.25, -0.2) is 0 Å². The molecule has 5 heteroatoms. The molecule has 0 saturated carbocycles. The highest BCUT2D eigenvalue weighted by molar-refractivity contribution is 7.99. The normalized spacial score (nSPS) is 10.3. The van der Waals surface area contributed by atoms with E-state index in [1.54, 1.807) is 12.3 Å². The van der Waals surface area contributed by atoms with Crippen LogP contribution in [0.5, 0.6) is 0 Å². The fraction of sp³-hybridized carbons (Fsp3) is 0.154. The van der Waals surface area contributed by atoms with Gasteiger partial charge in [-0.05, 0) is 43.2 Å². The Labute approximate surface area is 110 Å². The Hall–Kier alpha value is -1.88. The molecule has 0 atom stereocenters. The van der Waals surface area contributed by atoms with E-state index in [1.165, 1.54) is 22.9 Å². The molecule has 1 heterocycles. The Kier molecular flexibility index (Phi) is 3.62. The van der Waals surface area contributed by atoms with Crippen LogP contribution in [0.4, 0.5) is 0 Å². The molecule has 0 aliphatic carbocycles. The number of hydrogen-bond acceptors (Lipinski definition) is 4. The van der Waals surface area contributed by atoms with Crippen LogP contribution in [0.1, 0.15) is 16.7 Å². The third-order valence-corrected chi connectivity index (χ3v) is 3.65. The van der Waals surface area contributed by atoms with Gasteiger partial charge in [-0.1, -0.05) is 17.8 Å².